The van der Waals surface area contributed by atoms with Crippen molar-refractivity contribution in [1.29, 1.82) is 0 Å². The van der Waals surface area contributed by atoms with Gasteiger partial charge in [-0.05, 0) is 24.6 Å². The summed E-state index contributed by atoms with van der Waals surface area (Å²) in [7, 11) is -3.69. The molecule has 1 amide bonds. The molecule has 1 aromatic carbocycles. The van der Waals surface area contributed by atoms with Crippen LogP contribution in [0.25, 0.3) is 0 Å². The summed E-state index contributed by atoms with van der Waals surface area (Å²) in [6.07, 6.45) is -8.60. The first-order valence-corrected chi connectivity index (χ1v) is 13.0. The molecule has 0 saturated carbocycles. The summed E-state index contributed by atoms with van der Waals surface area (Å²) in [5.41, 5.74) is -0.123. The second-order valence-electron chi connectivity index (χ2n) is 7.78. The molecule has 0 N–H and O–H groups in total. The average Bonchev–Trinajstić information content (AvgIpc) is 3.26. The number of carbonyl (C=O) groups excluding carboxylic acids is 1. The predicted molar refractivity (Wildman–Crippen MR) is 116 cm³/mol. The molecule has 1 aromatic heterocycles. The van der Waals surface area contributed by atoms with Crippen LogP contribution in [0.1, 0.15) is 28.1 Å². The summed E-state index contributed by atoms with van der Waals surface area (Å²) in [5, 5.41) is 0.164. The van der Waals surface area contributed by atoms with Gasteiger partial charge in [0.05, 0.1) is 23.3 Å². The van der Waals surface area contributed by atoms with Gasteiger partial charge in [-0.1, -0.05) is 11.3 Å². The average molecular weight is 546 g/mol. The van der Waals surface area contributed by atoms with Crippen LogP contribution in [0, 0.1) is 0 Å². The van der Waals surface area contributed by atoms with Crippen molar-refractivity contribution >= 4 is 32.2 Å². The molecule has 15 heteroatoms. The molecule has 1 fully saturated rings. The number of hydrogen-bond donors (Lipinski definition) is 0. The van der Waals surface area contributed by atoms with E-state index in [1.807, 2.05) is 0 Å². The van der Waals surface area contributed by atoms with E-state index in [4.69, 9.17) is 4.74 Å². The first-order valence-electron chi connectivity index (χ1n) is 10.3. The van der Waals surface area contributed by atoms with Crippen LogP contribution in [0.2, 0.25) is 0 Å². The largest absolute Gasteiger partial charge is 0.493 e. The highest BCUT2D eigenvalue weighted by atomic mass is 32.2. The van der Waals surface area contributed by atoms with E-state index in [0.717, 1.165) is 18.5 Å². The highest BCUT2D eigenvalue weighted by Gasteiger charge is 2.35. The highest BCUT2D eigenvalue weighted by Crippen LogP contribution is 2.36. The van der Waals surface area contributed by atoms with Gasteiger partial charge in [-0.3, -0.25) is 4.79 Å². The topological polar surface area (TPSA) is 79.8 Å². The molecule has 1 saturated heterocycles. The Morgan fingerprint density at radius 2 is 1.77 bits per heavy atom. The maximum absolute atomic E-state index is 13.2. The molecule has 1 aliphatic rings. The van der Waals surface area contributed by atoms with Crippen LogP contribution < -0.4 is 9.64 Å². The van der Waals surface area contributed by atoms with E-state index in [1.54, 1.807) is 4.90 Å². The normalized spacial score (nSPS) is 15.4. The Kier molecular flexibility index (Phi) is 7.89. The minimum atomic E-state index is -4.51. The van der Waals surface area contributed by atoms with Crippen LogP contribution >= 0.6 is 11.3 Å². The monoisotopic (exact) mass is 545 g/mol. The number of sulfone groups is 1. The van der Waals surface area contributed by atoms with Gasteiger partial charge in [-0.15, -0.1) is 0 Å². The molecular formula is C20H21F6N3O4S2. The van der Waals surface area contributed by atoms with Gasteiger partial charge in [-0.2, -0.15) is 26.3 Å². The van der Waals surface area contributed by atoms with Crippen LogP contribution in [0.4, 0.5) is 31.5 Å². The molecule has 0 radical (unpaired) electrons. The van der Waals surface area contributed by atoms with Gasteiger partial charge >= 0.3 is 12.4 Å². The second kappa shape index (κ2) is 10.2. The number of hydrogen-bond acceptors (Lipinski definition) is 7. The quantitative estimate of drug-likeness (QED) is 0.383. The van der Waals surface area contributed by atoms with Gasteiger partial charge in [-0.25, -0.2) is 13.4 Å². The Morgan fingerprint density at radius 3 is 2.31 bits per heavy atom. The number of benzene rings is 1. The summed E-state index contributed by atoms with van der Waals surface area (Å²) in [6.45, 7) is 0.248. The van der Waals surface area contributed by atoms with Gasteiger partial charge in [0.2, 0.25) is 0 Å². The lowest BCUT2D eigenvalue weighted by atomic mass is 10.1. The summed E-state index contributed by atoms with van der Waals surface area (Å²) in [6, 6.07) is 3.53. The lowest BCUT2D eigenvalue weighted by Gasteiger charge is -2.34. The van der Waals surface area contributed by atoms with Crippen molar-refractivity contribution < 1.29 is 44.3 Å². The van der Waals surface area contributed by atoms with Crippen LogP contribution in [-0.4, -0.2) is 69.4 Å². The zero-order valence-electron chi connectivity index (χ0n) is 18.3. The maximum atomic E-state index is 13.2. The number of aromatic nitrogens is 1. The minimum absolute atomic E-state index is 0.0539. The van der Waals surface area contributed by atoms with Crippen molar-refractivity contribution in [1.82, 2.24) is 9.88 Å². The predicted octanol–water partition coefficient (Wildman–Crippen LogP) is 4.25. The summed E-state index contributed by atoms with van der Waals surface area (Å²) < 4.78 is 105. The minimum Gasteiger partial charge on any atom is -0.493 e. The molecule has 3 rings (SSSR count). The van der Waals surface area contributed by atoms with Gasteiger partial charge in [0.25, 0.3) is 5.91 Å². The number of carbonyl (C=O) groups is 1. The molecule has 194 valence electrons. The number of thiazole rings is 1. The molecule has 0 bridgehead atoms. The molecule has 7 nitrogen and oxygen atoms in total. The Hall–Kier alpha value is -2.55. The Labute approximate surface area is 201 Å². The van der Waals surface area contributed by atoms with E-state index >= 15 is 0 Å². The summed E-state index contributed by atoms with van der Waals surface area (Å²) >= 11 is 0.492. The summed E-state index contributed by atoms with van der Waals surface area (Å²) in [5.74, 6) is -0.655. The number of ether oxygens (including phenoxy) is 1. The third-order valence-corrected chi connectivity index (χ3v) is 7.30. The van der Waals surface area contributed by atoms with Crippen LogP contribution in [-0.2, 0) is 16.0 Å². The fraction of sp³-hybridized carbons (Fsp3) is 0.500. The van der Waals surface area contributed by atoms with Crippen molar-refractivity contribution in [2.24, 2.45) is 0 Å². The summed E-state index contributed by atoms with van der Waals surface area (Å²) in [4.78, 5) is 18.9. The van der Waals surface area contributed by atoms with Crippen LogP contribution in [0.5, 0.6) is 5.75 Å². The molecule has 2 aromatic rings. The lowest BCUT2D eigenvalue weighted by molar-refractivity contribution is -0.136. The van der Waals surface area contributed by atoms with Crippen LogP contribution in [0.3, 0.4) is 0 Å². The number of amides is 1. The number of piperazine rings is 1. The van der Waals surface area contributed by atoms with Gasteiger partial charge < -0.3 is 14.5 Å². The Morgan fingerprint density at radius 1 is 1.11 bits per heavy atom. The zero-order chi connectivity index (χ0) is 26.0. The fourth-order valence-electron chi connectivity index (χ4n) is 3.30. The molecule has 0 unspecified atom stereocenters. The Bertz CT molecular complexity index is 1160. The molecule has 35 heavy (non-hydrogen) atoms. The molecular weight excluding hydrogens is 524 g/mol. The first kappa shape index (κ1) is 27.0. The van der Waals surface area contributed by atoms with Crippen molar-refractivity contribution in [3.8, 4) is 5.75 Å². The van der Waals surface area contributed by atoms with Gasteiger partial charge in [0.1, 0.15) is 10.6 Å². The standard InChI is InChI=1S/C20H21F6N3O4S2/c1-35(31,32)13-3-4-15(33-10-2-5-19(21,22)23)14(11-13)17(30)28-6-8-29(9-7-28)18-27-12-16(34-18)20(24,25)26/h3-4,11-12H,2,5-10H2,1H3. The number of anilines is 1. The SMILES string of the molecule is CS(=O)(=O)c1ccc(OCCCC(F)(F)F)c(C(=O)N2CCN(c3ncc(C(F)(F)F)s3)CC2)c1. The fourth-order valence-corrected chi connectivity index (χ4v) is 4.78. The molecule has 0 aliphatic carbocycles. The lowest BCUT2D eigenvalue weighted by Crippen LogP contribution is -2.48. The molecule has 0 atom stereocenters. The smallest absolute Gasteiger partial charge is 0.427 e. The maximum Gasteiger partial charge on any atom is 0.427 e. The number of rotatable bonds is 7. The van der Waals surface area contributed by atoms with Crippen molar-refractivity contribution in [3.05, 3.63) is 34.8 Å². The van der Waals surface area contributed by atoms with E-state index in [0.29, 0.717) is 11.3 Å². The van der Waals surface area contributed by atoms with Gasteiger partial charge in [0.15, 0.2) is 15.0 Å². The van der Waals surface area contributed by atoms with Crippen LogP contribution in [0.15, 0.2) is 29.3 Å². The first-order chi connectivity index (χ1) is 16.1. The van der Waals surface area contributed by atoms with E-state index < -0.39 is 39.4 Å². The van der Waals surface area contributed by atoms with Crippen molar-refractivity contribution in [3.63, 3.8) is 0 Å². The third-order valence-electron chi connectivity index (χ3n) is 5.08. The Balaban J connectivity index is 1.72. The number of nitrogens with zero attached hydrogens (tertiary/aromatic N) is 3. The van der Waals surface area contributed by atoms with Crippen molar-refractivity contribution in [2.45, 2.75) is 30.1 Å². The van der Waals surface area contributed by atoms with E-state index in [2.05, 4.69) is 4.98 Å². The van der Waals surface area contributed by atoms with E-state index in [-0.39, 0.29) is 60.5 Å². The number of halogens is 6. The highest BCUT2D eigenvalue weighted by molar-refractivity contribution is 7.90. The number of alkyl halides is 6. The molecule has 1 aliphatic heterocycles. The molecule has 0 spiro atoms. The third kappa shape index (κ3) is 7.22. The van der Waals surface area contributed by atoms with Crippen molar-refractivity contribution in [2.75, 3.05) is 43.9 Å². The molecule has 2 heterocycles. The van der Waals surface area contributed by atoms with E-state index in [1.165, 1.54) is 17.0 Å². The van der Waals surface area contributed by atoms with Gasteiger partial charge in [0, 0.05) is 38.9 Å². The zero-order valence-corrected chi connectivity index (χ0v) is 20.0. The second-order valence-corrected chi connectivity index (χ2v) is 10.8. The van der Waals surface area contributed by atoms with E-state index in [9.17, 15) is 39.6 Å².